The van der Waals surface area contributed by atoms with Gasteiger partial charge in [0.15, 0.2) is 0 Å². The number of hydrogen-bond donors (Lipinski definition) is 4. The first-order chi connectivity index (χ1) is 21.4. The Bertz CT molecular complexity index is 1810. The first-order valence-corrected chi connectivity index (χ1v) is 17.0. The van der Waals surface area contributed by atoms with E-state index in [4.69, 9.17) is 22.3 Å². The lowest BCUT2D eigenvalue weighted by Crippen LogP contribution is -2.49. The number of carbonyl (C=O) groups is 1. The van der Waals surface area contributed by atoms with Crippen LogP contribution < -0.4 is 21.1 Å². The number of rotatable bonds is 10. The largest absolute Gasteiger partial charge is 0.352 e. The lowest BCUT2D eigenvalue weighted by molar-refractivity contribution is -0.124. The van der Waals surface area contributed by atoms with Crippen LogP contribution in [0.25, 0.3) is 22.0 Å². The van der Waals surface area contributed by atoms with E-state index in [0.717, 1.165) is 47.7 Å². The van der Waals surface area contributed by atoms with E-state index in [2.05, 4.69) is 20.3 Å². The second-order valence-corrected chi connectivity index (χ2v) is 13.9. The predicted molar refractivity (Wildman–Crippen MR) is 177 cm³/mol. The van der Waals surface area contributed by atoms with Crippen LogP contribution in [0.1, 0.15) is 52.0 Å². The van der Waals surface area contributed by atoms with Gasteiger partial charge in [-0.2, -0.15) is 0 Å². The summed E-state index contributed by atoms with van der Waals surface area (Å²) in [7, 11) is -4.08. The summed E-state index contributed by atoms with van der Waals surface area (Å²) in [6.07, 6.45) is 5.90. The van der Waals surface area contributed by atoms with Gasteiger partial charge in [-0.1, -0.05) is 50.6 Å². The Morgan fingerprint density at radius 2 is 1.76 bits per heavy atom. The minimum Gasteiger partial charge on any atom is -0.352 e. The average Bonchev–Trinajstić information content (AvgIpc) is 3.02. The quantitative estimate of drug-likeness (QED) is 0.158. The number of benzene rings is 3. The molecule has 1 saturated carbocycles. The molecule has 45 heavy (non-hydrogen) atoms. The first kappa shape index (κ1) is 32.6. The Kier molecular flexibility index (Phi) is 9.91. The molecular formula is C33H38ClFN6O3S. The summed E-state index contributed by atoms with van der Waals surface area (Å²) in [6.45, 7) is 5.91. The summed E-state index contributed by atoms with van der Waals surface area (Å²) in [5.74, 6) is -0.176. The fourth-order valence-electron chi connectivity index (χ4n) is 5.53. The highest BCUT2D eigenvalue weighted by Gasteiger charge is 2.26. The standard InChI is InChI=1S/C33H38ClFN6O3S/c1-4-20-15-22(21-9-14-28(27(35)17-21)41-45(43,44)29-8-6-5-7-26(29)34)16-23-18-37-33(40-31(20)23)39-25-12-10-24(11-13-25)38-32(42)30(36)19(2)3/h5-9,14-19,24-25,30,41H,4,10-13,36H2,1-3H3,(H,38,42)(H,37,39,40)/t24-,25-,30-/m0/s1. The van der Waals surface area contributed by atoms with Gasteiger partial charge in [-0.3, -0.25) is 9.52 Å². The topological polar surface area (TPSA) is 139 Å². The van der Waals surface area contributed by atoms with Crippen LogP contribution in [0.15, 0.2) is 65.7 Å². The second-order valence-electron chi connectivity index (χ2n) is 11.8. The maximum absolute atomic E-state index is 15.2. The van der Waals surface area contributed by atoms with E-state index in [-0.39, 0.29) is 39.5 Å². The Hall–Kier alpha value is -3.80. The number of aromatic nitrogens is 2. The molecule has 5 rings (SSSR count). The Morgan fingerprint density at radius 3 is 2.42 bits per heavy atom. The molecule has 9 nitrogen and oxygen atoms in total. The zero-order valence-corrected chi connectivity index (χ0v) is 27.1. The summed E-state index contributed by atoms with van der Waals surface area (Å²) in [6, 6.07) is 14.0. The molecule has 1 aliphatic carbocycles. The van der Waals surface area contributed by atoms with Crippen molar-refractivity contribution < 1.29 is 17.6 Å². The molecule has 1 aromatic heterocycles. The molecule has 12 heteroatoms. The van der Waals surface area contributed by atoms with Gasteiger partial charge in [0.25, 0.3) is 10.0 Å². The molecule has 1 fully saturated rings. The van der Waals surface area contributed by atoms with Gasteiger partial charge in [-0.05, 0) is 91.1 Å². The summed E-state index contributed by atoms with van der Waals surface area (Å²) in [5, 5.41) is 7.40. The van der Waals surface area contributed by atoms with Crippen LogP contribution in [0.3, 0.4) is 0 Å². The predicted octanol–water partition coefficient (Wildman–Crippen LogP) is 6.28. The molecule has 0 aliphatic heterocycles. The van der Waals surface area contributed by atoms with Crippen LogP contribution in [0.4, 0.5) is 16.0 Å². The highest BCUT2D eigenvalue weighted by Crippen LogP contribution is 2.32. The molecule has 0 unspecified atom stereocenters. The van der Waals surface area contributed by atoms with E-state index in [9.17, 15) is 13.2 Å². The van der Waals surface area contributed by atoms with Gasteiger partial charge in [0, 0.05) is 23.7 Å². The number of halogens is 2. The molecule has 0 spiro atoms. The van der Waals surface area contributed by atoms with Crippen molar-refractivity contribution >= 4 is 50.1 Å². The number of aryl methyl sites for hydroxylation is 1. The van der Waals surface area contributed by atoms with Crippen LogP contribution >= 0.6 is 11.6 Å². The molecule has 0 radical (unpaired) electrons. The molecule has 1 heterocycles. The maximum atomic E-state index is 15.2. The first-order valence-electron chi connectivity index (χ1n) is 15.1. The number of fused-ring (bicyclic) bond motifs is 1. The minimum atomic E-state index is -4.08. The highest BCUT2D eigenvalue weighted by atomic mass is 35.5. The fraction of sp³-hybridized carbons (Fsp3) is 0.364. The van der Waals surface area contributed by atoms with Crippen molar-refractivity contribution in [2.45, 2.75) is 75.9 Å². The molecule has 238 valence electrons. The molecule has 5 N–H and O–H groups in total. The Labute approximate surface area is 268 Å². The van der Waals surface area contributed by atoms with E-state index in [1.54, 1.807) is 24.4 Å². The number of sulfonamides is 1. The number of anilines is 2. The fourth-order valence-corrected chi connectivity index (χ4v) is 7.12. The van der Waals surface area contributed by atoms with E-state index >= 15 is 4.39 Å². The van der Waals surface area contributed by atoms with Crippen molar-refractivity contribution in [1.29, 1.82) is 0 Å². The Balaban J connectivity index is 1.28. The lowest BCUT2D eigenvalue weighted by atomic mass is 9.90. The van der Waals surface area contributed by atoms with E-state index < -0.39 is 21.9 Å². The van der Waals surface area contributed by atoms with Gasteiger partial charge in [0.1, 0.15) is 10.7 Å². The van der Waals surface area contributed by atoms with Crippen LogP contribution in [0.2, 0.25) is 5.02 Å². The lowest BCUT2D eigenvalue weighted by Gasteiger charge is -2.30. The van der Waals surface area contributed by atoms with Gasteiger partial charge < -0.3 is 16.4 Å². The van der Waals surface area contributed by atoms with E-state index in [0.29, 0.717) is 17.9 Å². The van der Waals surface area contributed by atoms with Gasteiger partial charge in [-0.15, -0.1) is 0 Å². The molecular weight excluding hydrogens is 615 g/mol. The number of amides is 1. The Morgan fingerprint density at radius 1 is 1.04 bits per heavy atom. The van der Waals surface area contributed by atoms with Gasteiger partial charge in [-0.25, -0.2) is 22.8 Å². The minimum absolute atomic E-state index is 0.0476. The molecule has 4 aromatic rings. The van der Waals surface area contributed by atoms with Crippen molar-refractivity contribution in [2.24, 2.45) is 11.7 Å². The summed E-state index contributed by atoms with van der Waals surface area (Å²) in [4.78, 5) is 21.6. The van der Waals surface area contributed by atoms with Crippen molar-refractivity contribution in [3.8, 4) is 11.1 Å². The normalized spacial score (nSPS) is 17.7. The second kappa shape index (κ2) is 13.7. The number of nitrogens with one attached hydrogen (secondary N) is 3. The molecule has 1 aliphatic rings. The van der Waals surface area contributed by atoms with Crippen LogP contribution in [0.5, 0.6) is 0 Å². The molecule has 3 aromatic carbocycles. The van der Waals surface area contributed by atoms with Gasteiger partial charge in [0.05, 0.1) is 22.3 Å². The monoisotopic (exact) mass is 652 g/mol. The average molecular weight is 653 g/mol. The van der Waals surface area contributed by atoms with Crippen molar-refractivity contribution in [1.82, 2.24) is 15.3 Å². The molecule has 0 bridgehead atoms. The maximum Gasteiger partial charge on any atom is 0.263 e. The molecule has 0 saturated heterocycles. The smallest absolute Gasteiger partial charge is 0.263 e. The van der Waals surface area contributed by atoms with Gasteiger partial charge in [0.2, 0.25) is 11.9 Å². The number of carbonyl (C=O) groups excluding carboxylic acids is 1. The van der Waals surface area contributed by atoms with Crippen molar-refractivity contribution in [3.05, 3.63) is 77.2 Å². The summed E-state index contributed by atoms with van der Waals surface area (Å²) >= 11 is 6.05. The summed E-state index contributed by atoms with van der Waals surface area (Å²) in [5.41, 5.74) is 8.95. The number of hydrogen-bond acceptors (Lipinski definition) is 7. The third-order valence-electron chi connectivity index (χ3n) is 8.24. The van der Waals surface area contributed by atoms with Crippen LogP contribution in [0, 0.1) is 11.7 Å². The number of nitrogens with zero attached hydrogens (tertiary/aromatic N) is 2. The third-order valence-corrected chi connectivity index (χ3v) is 10.1. The third kappa shape index (κ3) is 7.54. The van der Waals surface area contributed by atoms with Gasteiger partial charge >= 0.3 is 0 Å². The van der Waals surface area contributed by atoms with Crippen LogP contribution in [-0.4, -0.2) is 42.4 Å². The van der Waals surface area contributed by atoms with E-state index in [1.807, 2.05) is 32.9 Å². The number of nitrogens with two attached hydrogens (primary N) is 1. The van der Waals surface area contributed by atoms with Crippen LogP contribution in [-0.2, 0) is 21.2 Å². The highest BCUT2D eigenvalue weighted by molar-refractivity contribution is 7.92. The molecule has 1 amide bonds. The van der Waals surface area contributed by atoms with E-state index in [1.165, 1.54) is 24.3 Å². The molecule has 1 atom stereocenters. The summed E-state index contributed by atoms with van der Waals surface area (Å²) < 4.78 is 43.1. The zero-order chi connectivity index (χ0) is 32.3. The van der Waals surface area contributed by atoms with Crippen molar-refractivity contribution in [2.75, 3.05) is 10.0 Å². The zero-order valence-electron chi connectivity index (χ0n) is 25.5. The van der Waals surface area contributed by atoms with Crippen molar-refractivity contribution in [3.63, 3.8) is 0 Å². The SMILES string of the molecule is CCc1cc(-c2ccc(NS(=O)(=O)c3ccccc3Cl)c(F)c2)cc2cnc(N[C@H]3CC[C@H](NC(=O)[C@@H](N)C(C)C)CC3)nc12.